The molecular formula is C35H50F17NO13. The Labute approximate surface area is 362 Å². The summed E-state index contributed by atoms with van der Waals surface area (Å²) < 4.78 is 244. The number of alkyl halides is 17. The van der Waals surface area contributed by atoms with Crippen molar-refractivity contribution in [2.75, 3.05) is 26.3 Å². The molecule has 1 aliphatic rings. The summed E-state index contributed by atoms with van der Waals surface area (Å²) in [5.41, 5.74) is 0. The predicted molar refractivity (Wildman–Crippen MR) is 184 cm³/mol. The number of carbonyl (C=O) groups excluding carboxylic acids is 1. The van der Waals surface area contributed by atoms with Crippen molar-refractivity contribution in [2.24, 2.45) is 0 Å². The van der Waals surface area contributed by atoms with Crippen LogP contribution in [0.2, 0.25) is 0 Å². The van der Waals surface area contributed by atoms with E-state index < -0.39 is 154 Å². The van der Waals surface area contributed by atoms with Gasteiger partial charge in [-0.2, -0.15) is 74.6 Å². The van der Waals surface area contributed by atoms with Gasteiger partial charge in [-0.15, -0.1) is 0 Å². The molecule has 0 spiro atoms. The van der Waals surface area contributed by atoms with Gasteiger partial charge in [0.05, 0.1) is 13.2 Å². The lowest BCUT2D eigenvalue weighted by molar-refractivity contribution is -0.461. The van der Waals surface area contributed by atoms with Gasteiger partial charge in [-0.05, 0) is 12.8 Å². The van der Waals surface area contributed by atoms with Crippen LogP contribution >= 0.6 is 0 Å². The summed E-state index contributed by atoms with van der Waals surface area (Å²) in [7, 11) is 0. The number of hydrogen-bond donors (Lipinski definition) is 9. The van der Waals surface area contributed by atoms with Crippen LogP contribution in [-0.4, -0.2) is 192 Å². The van der Waals surface area contributed by atoms with Gasteiger partial charge in [0.25, 0.3) is 0 Å². The number of aliphatic carboxylic acids is 1. The van der Waals surface area contributed by atoms with Crippen molar-refractivity contribution in [2.45, 2.75) is 180 Å². The zero-order valence-electron chi connectivity index (χ0n) is 34.0. The largest absolute Gasteiger partial charge is 0.481 e. The minimum absolute atomic E-state index is 0.0596. The van der Waals surface area contributed by atoms with Crippen molar-refractivity contribution in [3.05, 3.63) is 0 Å². The maximum atomic E-state index is 14.7. The Morgan fingerprint density at radius 2 is 1.02 bits per heavy atom. The third-order valence-electron chi connectivity index (χ3n) is 10.5. The summed E-state index contributed by atoms with van der Waals surface area (Å²) in [5, 5.41) is 89.9. The Hall–Kier alpha value is -2.65. The molecule has 1 amide bonds. The monoisotopic (exact) mass is 1020 g/mol. The highest BCUT2D eigenvalue weighted by Crippen LogP contribution is 2.64. The fourth-order valence-corrected chi connectivity index (χ4v) is 6.30. The van der Waals surface area contributed by atoms with Crippen LogP contribution in [0.3, 0.4) is 0 Å². The number of carboxylic acids is 1. The third kappa shape index (κ3) is 13.6. The van der Waals surface area contributed by atoms with E-state index in [1.165, 1.54) is 0 Å². The van der Waals surface area contributed by atoms with E-state index in [2.05, 4.69) is 0 Å². The van der Waals surface area contributed by atoms with Gasteiger partial charge in [0.15, 0.2) is 6.29 Å². The van der Waals surface area contributed by atoms with Gasteiger partial charge < -0.3 is 60.3 Å². The standard InChI is InChI=1S/C35H50F17NO13/c36-28(37,29(38,39)30(40,41)31(42,43)32(44,45)33(46,47)34(48,49)35(50,51)52)12-11-20(58)53(13-9-7-5-3-1-2-4-6-8-10-21(59)60)14-17(56)22(61)26(18(57)15-54)66-27-25(64)24(63)23(62)19(16-55)65-27/h17-19,22-27,54-57,61-64H,1-16H2,(H,59,60)/t17-,18+,19+,22+,23-,24-,25+,26+,27-/m0/s1. The number of aliphatic hydroxyl groups is 8. The van der Waals surface area contributed by atoms with Gasteiger partial charge in [0.1, 0.15) is 48.8 Å². The molecule has 0 saturated carbocycles. The maximum absolute atomic E-state index is 14.7. The quantitative estimate of drug-likeness (QED) is 0.0368. The van der Waals surface area contributed by atoms with Gasteiger partial charge in [-0.1, -0.05) is 44.9 Å². The molecule has 1 rings (SSSR count). The zero-order chi connectivity index (χ0) is 51.7. The number of amides is 1. The normalized spacial score (nSPS) is 22.8. The molecule has 1 aliphatic heterocycles. The predicted octanol–water partition coefficient (Wildman–Crippen LogP) is 3.85. The van der Waals surface area contributed by atoms with Crippen molar-refractivity contribution in [3.63, 3.8) is 0 Å². The van der Waals surface area contributed by atoms with Crippen LogP contribution in [0.25, 0.3) is 0 Å². The smallest absolute Gasteiger partial charge is 0.460 e. The Bertz CT molecular complexity index is 1510. The molecule has 9 N–H and O–H groups in total. The number of ether oxygens (including phenoxy) is 2. The minimum Gasteiger partial charge on any atom is -0.481 e. The van der Waals surface area contributed by atoms with E-state index in [0.29, 0.717) is 44.9 Å². The molecule has 1 fully saturated rings. The van der Waals surface area contributed by atoms with Gasteiger partial charge in [-0.3, -0.25) is 9.59 Å². The number of aliphatic hydroxyl groups excluding tert-OH is 8. The zero-order valence-corrected chi connectivity index (χ0v) is 34.0. The Morgan fingerprint density at radius 3 is 1.45 bits per heavy atom. The van der Waals surface area contributed by atoms with E-state index in [9.17, 15) is 125 Å². The molecule has 0 aromatic rings. The molecule has 0 unspecified atom stereocenters. The molecule has 0 bridgehead atoms. The van der Waals surface area contributed by atoms with Gasteiger partial charge >= 0.3 is 53.6 Å². The molecule has 1 heterocycles. The molecule has 9 atom stereocenters. The first kappa shape index (κ1) is 61.4. The molecule has 0 radical (unpaired) electrons. The first-order valence-electron chi connectivity index (χ1n) is 19.7. The van der Waals surface area contributed by atoms with Crippen LogP contribution in [0.1, 0.15) is 77.0 Å². The average Bonchev–Trinajstić information content (AvgIpc) is 3.21. The summed E-state index contributed by atoms with van der Waals surface area (Å²) >= 11 is 0. The lowest BCUT2D eigenvalue weighted by Crippen LogP contribution is -2.74. The second-order valence-electron chi connectivity index (χ2n) is 15.4. The molecule has 66 heavy (non-hydrogen) atoms. The number of carboxylic acid groups (broad SMARTS) is 1. The van der Waals surface area contributed by atoms with Crippen molar-refractivity contribution in [3.8, 4) is 0 Å². The fraction of sp³-hybridized carbons (Fsp3) is 0.943. The van der Waals surface area contributed by atoms with Crippen LogP contribution in [0.15, 0.2) is 0 Å². The SMILES string of the molecule is O=C(O)CCCCCCCCCCCN(C[C@H](O)[C@@H](O)[C@H](O[C@@H]1O[C@H](CO)[C@H](O)[C@H](O)[C@H]1O)[C@H](O)CO)C(=O)CCC(F)(F)C(F)(F)C(F)(F)C(F)(F)C(F)(F)C(F)(F)C(F)(F)C(F)(F)F. The fourth-order valence-electron chi connectivity index (χ4n) is 6.30. The van der Waals surface area contributed by atoms with Crippen LogP contribution in [0.4, 0.5) is 74.6 Å². The summed E-state index contributed by atoms with van der Waals surface area (Å²) in [6, 6.07) is 0. The Kier molecular flexibility index (Phi) is 22.1. The lowest BCUT2D eigenvalue weighted by Gasteiger charge is -2.43. The number of unbranched alkanes of at least 4 members (excludes halogenated alkanes) is 8. The van der Waals surface area contributed by atoms with Crippen LogP contribution in [0, 0.1) is 0 Å². The molecule has 0 aromatic heterocycles. The van der Waals surface area contributed by atoms with Gasteiger partial charge in [0, 0.05) is 32.4 Å². The molecule has 14 nitrogen and oxygen atoms in total. The van der Waals surface area contributed by atoms with Crippen molar-refractivity contribution < 1.29 is 140 Å². The Morgan fingerprint density at radius 1 is 0.576 bits per heavy atom. The number of nitrogens with zero attached hydrogens (tertiary/aromatic N) is 1. The van der Waals surface area contributed by atoms with E-state index >= 15 is 0 Å². The van der Waals surface area contributed by atoms with E-state index in [4.69, 9.17) is 14.6 Å². The highest BCUT2D eigenvalue weighted by atomic mass is 19.4. The van der Waals surface area contributed by atoms with E-state index in [1.807, 2.05) is 0 Å². The summed E-state index contributed by atoms with van der Waals surface area (Å²) in [6.07, 6.45) is -30.0. The van der Waals surface area contributed by atoms with E-state index in [0.717, 1.165) is 0 Å². The highest BCUT2D eigenvalue weighted by Gasteiger charge is 2.95. The average molecular weight is 1020 g/mol. The van der Waals surface area contributed by atoms with Crippen LogP contribution < -0.4 is 0 Å². The number of halogens is 17. The molecular weight excluding hydrogens is 965 g/mol. The second-order valence-corrected chi connectivity index (χ2v) is 15.4. The third-order valence-corrected chi connectivity index (χ3v) is 10.5. The number of hydrogen-bond acceptors (Lipinski definition) is 12. The minimum atomic E-state index is -8.86. The summed E-state index contributed by atoms with van der Waals surface area (Å²) in [6.45, 7) is -4.56. The van der Waals surface area contributed by atoms with Gasteiger partial charge in [-0.25, -0.2) is 0 Å². The summed E-state index contributed by atoms with van der Waals surface area (Å²) in [4.78, 5) is 23.9. The molecule has 1 saturated heterocycles. The molecule has 31 heteroatoms. The second kappa shape index (κ2) is 23.8. The summed E-state index contributed by atoms with van der Waals surface area (Å²) in [5.74, 6) is -61.3. The lowest BCUT2D eigenvalue weighted by atomic mass is 9.88. The molecule has 392 valence electrons. The number of rotatable bonds is 30. The number of carbonyl (C=O) groups is 2. The first-order chi connectivity index (χ1) is 29.9. The first-order valence-corrected chi connectivity index (χ1v) is 19.7. The van der Waals surface area contributed by atoms with Crippen molar-refractivity contribution in [1.82, 2.24) is 4.90 Å². The van der Waals surface area contributed by atoms with Crippen LogP contribution in [-0.2, 0) is 19.1 Å². The Balaban J connectivity index is 3.40. The molecule has 0 aliphatic carbocycles. The van der Waals surface area contributed by atoms with Gasteiger partial charge in [0.2, 0.25) is 5.91 Å². The van der Waals surface area contributed by atoms with Crippen LogP contribution in [0.5, 0.6) is 0 Å². The van der Waals surface area contributed by atoms with Crippen molar-refractivity contribution >= 4 is 11.9 Å². The highest BCUT2D eigenvalue weighted by molar-refractivity contribution is 5.76. The van der Waals surface area contributed by atoms with E-state index in [1.54, 1.807) is 0 Å². The maximum Gasteiger partial charge on any atom is 0.460 e. The topological polar surface area (TPSA) is 238 Å². The van der Waals surface area contributed by atoms with Crippen molar-refractivity contribution in [1.29, 1.82) is 0 Å². The van der Waals surface area contributed by atoms with E-state index in [-0.39, 0.29) is 24.2 Å². The molecule has 0 aromatic carbocycles.